The summed E-state index contributed by atoms with van der Waals surface area (Å²) in [7, 11) is 4.91. The summed E-state index contributed by atoms with van der Waals surface area (Å²) in [4.78, 5) is 1.23. The smallest absolute Gasteiger partial charge is 0.130 e. The first-order chi connectivity index (χ1) is 9.21. The standard InChI is InChI=1S/C14H15BrO3S/c1-16-9-7-10(17-2)13(11(8-9)18-3)14(15)12-5-4-6-19-12/h4-8,14H,1-3H3. The number of thiophene rings is 1. The molecular formula is C14H15BrO3S. The van der Waals surface area contributed by atoms with Gasteiger partial charge in [0.05, 0.1) is 31.7 Å². The van der Waals surface area contributed by atoms with Crippen LogP contribution in [0.3, 0.4) is 0 Å². The molecule has 0 bridgehead atoms. The van der Waals surface area contributed by atoms with Gasteiger partial charge in [0.2, 0.25) is 0 Å². The summed E-state index contributed by atoms with van der Waals surface area (Å²) in [5.41, 5.74) is 0.966. The molecule has 1 aromatic heterocycles. The minimum absolute atomic E-state index is 0.0308. The van der Waals surface area contributed by atoms with Gasteiger partial charge >= 0.3 is 0 Å². The third kappa shape index (κ3) is 2.87. The zero-order valence-corrected chi connectivity index (χ0v) is 13.4. The minimum Gasteiger partial charge on any atom is -0.496 e. The van der Waals surface area contributed by atoms with Gasteiger partial charge in [0, 0.05) is 17.0 Å². The fraction of sp³-hybridized carbons (Fsp3) is 0.286. The van der Waals surface area contributed by atoms with Gasteiger partial charge in [0.15, 0.2) is 0 Å². The maximum absolute atomic E-state index is 5.46. The lowest BCUT2D eigenvalue weighted by Gasteiger charge is -2.18. The summed E-state index contributed by atoms with van der Waals surface area (Å²) in [5.74, 6) is 2.20. The van der Waals surface area contributed by atoms with Gasteiger partial charge in [-0.15, -0.1) is 11.3 Å². The quantitative estimate of drug-likeness (QED) is 0.760. The van der Waals surface area contributed by atoms with E-state index >= 15 is 0 Å². The van der Waals surface area contributed by atoms with Gasteiger partial charge in [0.25, 0.3) is 0 Å². The van der Waals surface area contributed by atoms with E-state index in [4.69, 9.17) is 14.2 Å². The Kier molecular flexibility index (Phi) is 4.71. The first-order valence-electron chi connectivity index (χ1n) is 5.68. The number of hydrogen-bond donors (Lipinski definition) is 0. The van der Waals surface area contributed by atoms with E-state index in [2.05, 4.69) is 22.0 Å². The number of ether oxygens (including phenoxy) is 3. The lowest BCUT2D eigenvalue weighted by atomic mass is 10.1. The number of benzene rings is 1. The predicted molar refractivity (Wildman–Crippen MR) is 81.2 cm³/mol. The van der Waals surface area contributed by atoms with Crippen LogP contribution in [0.1, 0.15) is 15.3 Å². The van der Waals surface area contributed by atoms with Gasteiger partial charge in [-0.3, -0.25) is 0 Å². The van der Waals surface area contributed by atoms with Crippen molar-refractivity contribution in [3.8, 4) is 17.2 Å². The normalized spacial score (nSPS) is 12.0. The fourth-order valence-corrected chi connectivity index (χ4v) is 3.50. The molecule has 3 nitrogen and oxygen atoms in total. The van der Waals surface area contributed by atoms with Crippen molar-refractivity contribution in [2.24, 2.45) is 0 Å². The Labute approximate surface area is 125 Å². The van der Waals surface area contributed by atoms with E-state index in [0.29, 0.717) is 5.75 Å². The zero-order valence-electron chi connectivity index (χ0n) is 11.0. The zero-order chi connectivity index (χ0) is 13.8. The molecular weight excluding hydrogens is 328 g/mol. The average Bonchev–Trinajstić information content (AvgIpc) is 2.99. The van der Waals surface area contributed by atoms with Crippen molar-refractivity contribution in [2.75, 3.05) is 21.3 Å². The van der Waals surface area contributed by atoms with E-state index in [1.165, 1.54) is 4.88 Å². The van der Waals surface area contributed by atoms with Crippen LogP contribution in [-0.4, -0.2) is 21.3 Å². The number of rotatable bonds is 5. The number of halogens is 1. The highest BCUT2D eigenvalue weighted by Gasteiger charge is 2.22. The van der Waals surface area contributed by atoms with Crippen LogP contribution < -0.4 is 14.2 Å². The summed E-state index contributed by atoms with van der Waals surface area (Å²) in [6, 6.07) is 7.82. The van der Waals surface area contributed by atoms with Crippen LogP contribution in [0, 0.1) is 0 Å². The van der Waals surface area contributed by atoms with Crippen LogP contribution >= 0.6 is 27.3 Å². The average molecular weight is 343 g/mol. The van der Waals surface area contributed by atoms with Gasteiger partial charge in [-0.1, -0.05) is 22.0 Å². The highest BCUT2D eigenvalue weighted by molar-refractivity contribution is 9.09. The van der Waals surface area contributed by atoms with Crippen LogP contribution in [-0.2, 0) is 0 Å². The van der Waals surface area contributed by atoms with Crippen LogP contribution in [0.4, 0.5) is 0 Å². The highest BCUT2D eigenvalue weighted by Crippen LogP contribution is 2.45. The summed E-state index contributed by atoms with van der Waals surface area (Å²) in [6.07, 6.45) is 0. The van der Waals surface area contributed by atoms with Crippen molar-refractivity contribution in [3.05, 3.63) is 40.1 Å². The Morgan fingerprint density at radius 1 is 1.05 bits per heavy atom. The summed E-state index contributed by atoms with van der Waals surface area (Å²) in [5, 5.41) is 2.05. The van der Waals surface area contributed by atoms with Gasteiger partial charge in [-0.05, 0) is 11.4 Å². The summed E-state index contributed by atoms with van der Waals surface area (Å²) >= 11 is 5.40. The van der Waals surface area contributed by atoms with E-state index in [-0.39, 0.29) is 4.83 Å². The molecule has 0 spiro atoms. The fourth-order valence-electron chi connectivity index (χ4n) is 1.86. The molecule has 0 radical (unpaired) electrons. The molecule has 0 N–H and O–H groups in total. The molecule has 1 atom stereocenters. The Hall–Kier alpha value is -1.20. The van der Waals surface area contributed by atoms with Crippen molar-refractivity contribution in [1.29, 1.82) is 0 Å². The lowest BCUT2D eigenvalue weighted by Crippen LogP contribution is -2.00. The molecule has 2 aromatic rings. The summed E-state index contributed by atoms with van der Waals surface area (Å²) in [6.45, 7) is 0. The monoisotopic (exact) mass is 342 g/mol. The van der Waals surface area contributed by atoms with Crippen molar-refractivity contribution >= 4 is 27.3 Å². The Balaban J connectivity index is 2.54. The molecule has 5 heteroatoms. The molecule has 1 unspecified atom stereocenters. The van der Waals surface area contributed by atoms with Crippen molar-refractivity contribution < 1.29 is 14.2 Å². The maximum atomic E-state index is 5.46. The largest absolute Gasteiger partial charge is 0.496 e. The molecule has 0 saturated heterocycles. The number of alkyl halides is 1. The Morgan fingerprint density at radius 2 is 1.68 bits per heavy atom. The molecule has 0 aliphatic rings. The molecule has 102 valence electrons. The third-order valence-electron chi connectivity index (χ3n) is 2.80. The predicted octanol–water partition coefficient (Wildman–Crippen LogP) is 4.26. The SMILES string of the molecule is COc1cc(OC)c(C(Br)c2cccs2)c(OC)c1. The highest BCUT2D eigenvalue weighted by atomic mass is 79.9. The molecule has 0 aliphatic heterocycles. The molecule has 1 heterocycles. The Bertz CT molecular complexity index is 515. The number of methoxy groups -OCH3 is 3. The third-order valence-corrected chi connectivity index (χ3v) is 4.99. The van der Waals surface area contributed by atoms with Crippen LogP contribution in [0.5, 0.6) is 17.2 Å². The van der Waals surface area contributed by atoms with Crippen molar-refractivity contribution in [1.82, 2.24) is 0 Å². The van der Waals surface area contributed by atoms with E-state index in [9.17, 15) is 0 Å². The summed E-state index contributed by atoms with van der Waals surface area (Å²) < 4.78 is 16.2. The second-order valence-corrected chi connectivity index (χ2v) is 5.72. The van der Waals surface area contributed by atoms with E-state index < -0.39 is 0 Å². The lowest BCUT2D eigenvalue weighted by molar-refractivity contribution is 0.370. The van der Waals surface area contributed by atoms with E-state index in [1.54, 1.807) is 32.7 Å². The molecule has 1 aromatic carbocycles. The van der Waals surface area contributed by atoms with Crippen LogP contribution in [0.2, 0.25) is 0 Å². The molecule has 0 fully saturated rings. The van der Waals surface area contributed by atoms with Gasteiger partial charge in [-0.2, -0.15) is 0 Å². The molecule has 0 aliphatic carbocycles. The molecule has 0 amide bonds. The molecule has 0 saturated carbocycles. The molecule has 2 rings (SSSR count). The van der Waals surface area contributed by atoms with E-state index in [0.717, 1.165) is 17.1 Å². The first kappa shape index (κ1) is 14.2. The van der Waals surface area contributed by atoms with Gasteiger partial charge in [0.1, 0.15) is 17.2 Å². The minimum atomic E-state index is 0.0308. The van der Waals surface area contributed by atoms with Crippen molar-refractivity contribution in [3.63, 3.8) is 0 Å². The van der Waals surface area contributed by atoms with Crippen LogP contribution in [0.15, 0.2) is 29.6 Å². The van der Waals surface area contributed by atoms with Gasteiger partial charge < -0.3 is 14.2 Å². The first-order valence-corrected chi connectivity index (χ1v) is 7.48. The maximum Gasteiger partial charge on any atom is 0.130 e. The topological polar surface area (TPSA) is 27.7 Å². The number of hydrogen-bond acceptors (Lipinski definition) is 4. The second kappa shape index (κ2) is 6.30. The van der Waals surface area contributed by atoms with Crippen molar-refractivity contribution in [2.45, 2.75) is 4.83 Å². The van der Waals surface area contributed by atoms with Crippen LogP contribution in [0.25, 0.3) is 0 Å². The Morgan fingerprint density at radius 3 is 2.11 bits per heavy atom. The second-order valence-electron chi connectivity index (χ2n) is 3.82. The molecule has 19 heavy (non-hydrogen) atoms. The van der Waals surface area contributed by atoms with E-state index in [1.807, 2.05) is 23.6 Å². The van der Waals surface area contributed by atoms with Gasteiger partial charge in [-0.25, -0.2) is 0 Å².